The number of ether oxygens (including phenoxy) is 1. The number of Topliss-reactive ketones (excluding diaryl/α,β-unsaturated/α-hetero) is 1. The summed E-state index contributed by atoms with van der Waals surface area (Å²) >= 11 is 0. The van der Waals surface area contributed by atoms with Gasteiger partial charge in [-0.2, -0.15) is 0 Å². The standard InChI is InChI=1S/C24H21FN4O2/c1-24(29-23(26)31-3,17-7-9-19(25)10-8-17)18-6-4-5-16(13-18)14-22(30)21-12-11-20(27-2)15-28-21/h4-13,15H,14H2,1,3H3,(H2,26,29). The Balaban J connectivity index is 1.96. The zero-order valence-corrected chi connectivity index (χ0v) is 17.2. The van der Waals surface area contributed by atoms with Crippen LogP contribution in [-0.2, 0) is 16.7 Å². The first kappa shape index (κ1) is 21.7. The second-order valence-electron chi connectivity index (χ2n) is 7.05. The number of methoxy groups -OCH3 is 1. The van der Waals surface area contributed by atoms with Gasteiger partial charge in [-0.15, -0.1) is 0 Å². The first-order valence-corrected chi connectivity index (χ1v) is 9.47. The second kappa shape index (κ2) is 9.18. The Labute approximate surface area is 180 Å². The van der Waals surface area contributed by atoms with Crippen molar-refractivity contribution >= 4 is 17.5 Å². The molecule has 156 valence electrons. The smallest absolute Gasteiger partial charge is 0.282 e. The summed E-state index contributed by atoms with van der Waals surface area (Å²) < 4.78 is 18.5. The number of aliphatic imine (C=N–C) groups is 1. The van der Waals surface area contributed by atoms with Crippen molar-refractivity contribution in [1.29, 1.82) is 0 Å². The Bertz CT molecular complexity index is 1150. The minimum Gasteiger partial charge on any atom is -0.469 e. The Morgan fingerprint density at radius 1 is 1.19 bits per heavy atom. The van der Waals surface area contributed by atoms with Gasteiger partial charge in [0.15, 0.2) is 5.78 Å². The van der Waals surface area contributed by atoms with E-state index in [0.29, 0.717) is 16.9 Å². The molecule has 0 radical (unpaired) electrons. The Morgan fingerprint density at radius 2 is 1.94 bits per heavy atom. The summed E-state index contributed by atoms with van der Waals surface area (Å²) in [6.07, 6.45) is 1.51. The van der Waals surface area contributed by atoms with Crippen LogP contribution in [0.4, 0.5) is 10.1 Å². The lowest BCUT2D eigenvalue weighted by atomic mass is 9.84. The Hall–Kier alpha value is -4.05. The fourth-order valence-corrected chi connectivity index (χ4v) is 3.21. The number of rotatable bonds is 6. The molecule has 0 aliphatic heterocycles. The highest BCUT2D eigenvalue weighted by molar-refractivity contribution is 5.96. The maximum absolute atomic E-state index is 13.5. The van der Waals surface area contributed by atoms with Crippen LogP contribution in [0.15, 0.2) is 71.9 Å². The van der Waals surface area contributed by atoms with Crippen LogP contribution in [0.2, 0.25) is 0 Å². The largest absolute Gasteiger partial charge is 0.469 e. The molecule has 0 saturated carbocycles. The van der Waals surface area contributed by atoms with E-state index in [0.717, 1.165) is 11.1 Å². The summed E-state index contributed by atoms with van der Waals surface area (Å²) in [7, 11) is 1.42. The van der Waals surface area contributed by atoms with E-state index in [2.05, 4.69) is 14.8 Å². The molecule has 1 heterocycles. The van der Waals surface area contributed by atoms with Gasteiger partial charge in [0, 0.05) is 12.6 Å². The SMILES string of the molecule is [C-]#[N+]c1ccc(C(=O)Cc2cccc(C(C)(N=C(N)OC)c3ccc(F)cc3)c2)nc1. The first-order valence-electron chi connectivity index (χ1n) is 9.47. The predicted molar refractivity (Wildman–Crippen MR) is 116 cm³/mol. The van der Waals surface area contributed by atoms with E-state index >= 15 is 0 Å². The molecule has 1 atom stereocenters. The molecule has 2 N–H and O–H groups in total. The van der Waals surface area contributed by atoms with Gasteiger partial charge in [0.25, 0.3) is 6.02 Å². The monoisotopic (exact) mass is 416 g/mol. The molecular weight excluding hydrogens is 395 g/mol. The third-order valence-corrected chi connectivity index (χ3v) is 4.97. The van der Waals surface area contributed by atoms with Crippen molar-refractivity contribution in [1.82, 2.24) is 4.98 Å². The van der Waals surface area contributed by atoms with Crippen molar-refractivity contribution in [2.45, 2.75) is 18.9 Å². The molecule has 6 nitrogen and oxygen atoms in total. The number of pyridine rings is 1. The highest BCUT2D eigenvalue weighted by atomic mass is 19.1. The van der Waals surface area contributed by atoms with Gasteiger partial charge in [-0.3, -0.25) is 9.78 Å². The van der Waals surface area contributed by atoms with Gasteiger partial charge in [-0.25, -0.2) is 14.2 Å². The maximum atomic E-state index is 13.5. The van der Waals surface area contributed by atoms with Crippen molar-refractivity contribution in [2.75, 3.05) is 7.11 Å². The number of carbonyl (C=O) groups excluding carboxylic acids is 1. The molecule has 3 rings (SSSR count). The van der Waals surface area contributed by atoms with E-state index in [-0.39, 0.29) is 24.0 Å². The Morgan fingerprint density at radius 3 is 2.55 bits per heavy atom. The number of hydrogen-bond donors (Lipinski definition) is 1. The maximum Gasteiger partial charge on any atom is 0.282 e. The van der Waals surface area contributed by atoms with Crippen molar-refractivity contribution in [3.05, 3.63) is 106 Å². The summed E-state index contributed by atoms with van der Waals surface area (Å²) in [6, 6.07) is 16.5. The second-order valence-corrected chi connectivity index (χ2v) is 7.05. The molecule has 31 heavy (non-hydrogen) atoms. The molecule has 1 unspecified atom stereocenters. The fourth-order valence-electron chi connectivity index (χ4n) is 3.21. The average Bonchev–Trinajstić information content (AvgIpc) is 2.79. The average molecular weight is 416 g/mol. The molecule has 7 heteroatoms. The zero-order valence-electron chi connectivity index (χ0n) is 17.2. The van der Waals surface area contributed by atoms with Crippen LogP contribution in [0.3, 0.4) is 0 Å². The van der Waals surface area contributed by atoms with Crippen molar-refractivity contribution < 1.29 is 13.9 Å². The number of hydrogen-bond acceptors (Lipinski definition) is 4. The topological polar surface area (TPSA) is 81.9 Å². The van der Waals surface area contributed by atoms with E-state index in [1.165, 1.54) is 25.4 Å². The summed E-state index contributed by atoms with van der Waals surface area (Å²) in [5, 5.41) is 0. The van der Waals surface area contributed by atoms with Crippen molar-refractivity contribution in [3.8, 4) is 0 Å². The molecule has 0 saturated heterocycles. The van der Waals surface area contributed by atoms with Gasteiger partial charge < -0.3 is 10.5 Å². The van der Waals surface area contributed by atoms with Gasteiger partial charge in [0.1, 0.15) is 17.1 Å². The quantitative estimate of drug-likeness (QED) is 0.279. The van der Waals surface area contributed by atoms with Crippen LogP contribution in [0.5, 0.6) is 0 Å². The number of aromatic nitrogens is 1. The lowest BCUT2D eigenvalue weighted by molar-refractivity contribution is 0.0988. The molecular formula is C24H21FN4O2. The predicted octanol–water partition coefficient (Wildman–Crippen LogP) is 4.42. The third kappa shape index (κ3) is 4.93. The van der Waals surface area contributed by atoms with Crippen LogP contribution >= 0.6 is 0 Å². The van der Waals surface area contributed by atoms with Crippen molar-refractivity contribution in [2.24, 2.45) is 10.7 Å². The molecule has 0 amide bonds. The summed E-state index contributed by atoms with van der Waals surface area (Å²) in [4.78, 5) is 24.5. The zero-order chi connectivity index (χ0) is 22.4. The van der Waals surface area contributed by atoms with Crippen LogP contribution in [0, 0.1) is 12.4 Å². The van der Waals surface area contributed by atoms with E-state index in [9.17, 15) is 9.18 Å². The van der Waals surface area contributed by atoms with Gasteiger partial charge in [0.05, 0.1) is 13.7 Å². The van der Waals surface area contributed by atoms with E-state index in [1.54, 1.807) is 24.3 Å². The summed E-state index contributed by atoms with van der Waals surface area (Å²) in [6.45, 7) is 8.82. The number of nitrogens with two attached hydrogens (primary N) is 1. The highest BCUT2D eigenvalue weighted by Gasteiger charge is 2.30. The molecule has 1 aromatic heterocycles. The van der Waals surface area contributed by atoms with Gasteiger partial charge >= 0.3 is 0 Å². The van der Waals surface area contributed by atoms with Gasteiger partial charge in [-0.1, -0.05) is 42.5 Å². The molecule has 2 aromatic carbocycles. The molecule has 0 bridgehead atoms. The normalized spacial score (nSPS) is 13.2. The highest BCUT2D eigenvalue weighted by Crippen LogP contribution is 2.34. The number of ketones is 1. The fraction of sp³-hybridized carbons (Fsp3) is 0.167. The van der Waals surface area contributed by atoms with E-state index < -0.39 is 5.54 Å². The number of benzene rings is 2. The number of halogens is 1. The summed E-state index contributed by atoms with van der Waals surface area (Å²) in [5.74, 6) is -0.525. The summed E-state index contributed by atoms with van der Waals surface area (Å²) in [5.41, 5.74) is 7.81. The lowest BCUT2D eigenvalue weighted by Crippen LogP contribution is -2.27. The molecule has 0 aliphatic carbocycles. The lowest BCUT2D eigenvalue weighted by Gasteiger charge is -2.27. The van der Waals surface area contributed by atoms with Crippen LogP contribution < -0.4 is 5.73 Å². The number of amidine groups is 1. The minimum atomic E-state index is -0.956. The van der Waals surface area contributed by atoms with E-state index in [1.807, 2.05) is 31.2 Å². The minimum absolute atomic E-state index is 0.0163. The van der Waals surface area contributed by atoms with Crippen LogP contribution in [0.25, 0.3) is 4.85 Å². The third-order valence-electron chi connectivity index (χ3n) is 4.97. The molecule has 3 aromatic rings. The van der Waals surface area contributed by atoms with Crippen LogP contribution in [0.1, 0.15) is 34.1 Å². The molecule has 0 spiro atoms. The van der Waals surface area contributed by atoms with Gasteiger partial charge in [-0.05, 0) is 41.8 Å². The van der Waals surface area contributed by atoms with Gasteiger partial charge in [0.2, 0.25) is 5.69 Å². The first-order chi connectivity index (χ1) is 14.9. The van der Waals surface area contributed by atoms with E-state index in [4.69, 9.17) is 17.0 Å². The van der Waals surface area contributed by atoms with Crippen LogP contribution in [-0.4, -0.2) is 23.9 Å². The molecule has 0 aliphatic rings. The number of carbonyl (C=O) groups is 1. The van der Waals surface area contributed by atoms with Crippen molar-refractivity contribution in [3.63, 3.8) is 0 Å². The molecule has 0 fully saturated rings. The Kier molecular flexibility index (Phi) is 6.41. The number of nitrogens with zero attached hydrogens (tertiary/aromatic N) is 3.